The van der Waals surface area contributed by atoms with Gasteiger partial charge in [0.1, 0.15) is 5.67 Å². The van der Waals surface area contributed by atoms with Gasteiger partial charge in [0.2, 0.25) is 0 Å². The highest BCUT2D eigenvalue weighted by molar-refractivity contribution is 5.74. The maximum absolute atomic E-state index is 14.0. The average molecular weight is 238 g/mol. The number of hydrogen-bond acceptors (Lipinski definition) is 1. The van der Waals surface area contributed by atoms with Crippen molar-refractivity contribution in [3.05, 3.63) is 35.4 Å². The van der Waals surface area contributed by atoms with Gasteiger partial charge in [-0.05, 0) is 45.2 Å². The molecule has 0 unspecified atom stereocenters. The molecule has 0 amide bonds. The molecule has 0 aromatic heterocycles. The molecule has 0 spiro atoms. The second-order valence-corrected chi connectivity index (χ2v) is 5.50. The number of alkyl halides is 1. The normalized spacial score (nSPS) is 12.5. The lowest BCUT2D eigenvalue weighted by molar-refractivity contribution is -0.146. The van der Waals surface area contributed by atoms with Crippen molar-refractivity contribution in [2.75, 3.05) is 0 Å². The largest absolute Gasteiger partial charge is 0.481 e. The van der Waals surface area contributed by atoms with Crippen LogP contribution in [0.15, 0.2) is 24.3 Å². The molecule has 17 heavy (non-hydrogen) atoms. The van der Waals surface area contributed by atoms with E-state index in [2.05, 4.69) is 0 Å². The highest BCUT2D eigenvalue weighted by Crippen LogP contribution is 2.32. The standard InChI is InChI=1S/C14H19FO2/c1-13(2,12(16)17)9-10-7-5-6-8-11(10)14(3,4)15/h5-8H,9H2,1-4H3,(H,16,17). The molecule has 0 saturated carbocycles. The fraction of sp³-hybridized carbons (Fsp3) is 0.500. The van der Waals surface area contributed by atoms with Crippen molar-refractivity contribution in [2.24, 2.45) is 5.41 Å². The first-order valence-electron chi connectivity index (χ1n) is 5.65. The Morgan fingerprint density at radius 3 is 2.24 bits per heavy atom. The number of carboxylic acids is 1. The lowest BCUT2D eigenvalue weighted by Gasteiger charge is -2.24. The zero-order valence-corrected chi connectivity index (χ0v) is 10.7. The van der Waals surface area contributed by atoms with E-state index < -0.39 is 17.1 Å². The third kappa shape index (κ3) is 3.29. The molecule has 3 heteroatoms. The Hall–Kier alpha value is -1.38. The van der Waals surface area contributed by atoms with Crippen molar-refractivity contribution >= 4 is 5.97 Å². The maximum Gasteiger partial charge on any atom is 0.309 e. The molecule has 0 radical (unpaired) electrons. The lowest BCUT2D eigenvalue weighted by Crippen LogP contribution is -2.27. The summed E-state index contributed by atoms with van der Waals surface area (Å²) in [5.41, 5.74) is -1.02. The molecular weight excluding hydrogens is 219 g/mol. The predicted octanol–water partition coefficient (Wildman–Crippen LogP) is 3.54. The predicted molar refractivity (Wildman–Crippen MR) is 65.7 cm³/mol. The SMILES string of the molecule is CC(C)(Cc1ccccc1C(C)(C)F)C(=O)O. The van der Waals surface area contributed by atoms with Gasteiger partial charge in [0, 0.05) is 0 Å². The van der Waals surface area contributed by atoms with Crippen LogP contribution in [-0.4, -0.2) is 11.1 Å². The van der Waals surface area contributed by atoms with Gasteiger partial charge in [-0.2, -0.15) is 0 Å². The molecule has 94 valence electrons. The zero-order chi connectivity index (χ0) is 13.3. The highest BCUT2D eigenvalue weighted by Gasteiger charge is 2.30. The molecule has 0 aliphatic rings. The van der Waals surface area contributed by atoms with E-state index in [-0.39, 0.29) is 0 Å². The molecule has 1 aromatic carbocycles. The average Bonchev–Trinajstić information content (AvgIpc) is 2.15. The van der Waals surface area contributed by atoms with Crippen LogP contribution in [0, 0.1) is 5.41 Å². The van der Waals surface area contributed by atoms with Gasteiger partial charge in [-0.1, -0.05) is 24.3 Å². The second-order valence-electron chi connectivity index (χ2n) is 5.50. The Kier molecular flexibility index (Phi) is 3.60. The fourth-order valence-electron chi connectivity index (χ4n) is 1.81. The molecule has 0 bridgehead atoms. The van der Waals surface area contributed by atoms with Gasteiger partial charge in [0.25, 0.3) is 0 Å². The Morgan fingerprint density at radius 1 is 1.24 bits per heavy atom. The van der Waals surface area contributed by atoms with Crippen LogP contribution in [0.3, 0.4) is 0 Å². The Labute approximate surface area is 101 Å². The minimum absolute atomic E-state index is 0.325. The Morgan fingerprint density at radius 2 is 1.76 bits per heavy atom. The summed E-state index contributed by atoms with van der Waals surface area (Å²) < 4.78 is 14.0. The van der Waals surface area contributed by atoms with Gasteiger partial charge >= 0.3 is 5.97 Å². The Balaban J connectivity index is 3.12. The van der Waals surface area contributed by atoms with E-state index in [1.54, 1.807) is 32.0 Å². The highest BCUT2D eigenvalue weighted by atomic mass is 19.1. The number of carboxylic acid groups (broad SMARTS) is 1. The summed E-state index contributed by atoms with van der Waals surface area (Å²) in [5.74, 6) is -0.871. The van der Waals surface area contributed by atoms with E-state index in [0.717, 1.165) is 5.56 Å². The minimum Gasteiger partial charge on any atom is -0.481 e. The third-order valence-corrected chi connectivity index (χ3v) is 2.87. The molecule has 0 saturated heterocycles. The molecule has 0 heterocycles. The number of hydrogen-bond donors (Lipinski definition) is 1. The maximum atomic E-state index is 14.0. The molecule has 1 N–H and O–H groups in total. The van der Waals surface area contributed by atoms with Crippen LogP contribution < -0.4 is 0 Å². The van der Waals surface area contributed by atoms with Gasteiger partial charge in [-0.15, -0.1) is 0 Å². The topological polar surface area (TPSA) is 37.3 Å². The van der Waals surface area contributed by atoms with Crippen LogP contribution >= 0.6 is 0 Å². The molecule has 1 aromatic rings. The third-order valence-electron chi connectivity index (χ3n) is 2.87. The van der Waals surface area contributed by atoms with E-state index in [4.69, 9.17) is 5.11 Å². The summed E-state index contributed by atoms with van der Waals surface area (Å²) in [7, 11) is 0. The first-order valence-corrected chi connectivity index (χ1v) is 5.65. The van der Waals surface area contributed by atoms with Crippen molar-refractivity contribution in [1.29, 1.82) is 0 Å². The fourth-order valence-corrected chi connectivity index (χ4v) is 1.81. The zero-order valence-electron chi connectivity index (χ0n) is 10.7. The quantitative estimate of drug-likeness (QED) is 0.871. The van der Waals surface area contributed by atoms with E-state index in [1.807, 2.05) is 6.07 Å². The molecule has 0 fully saturated rings. The molecular formula is C14H19FO2. The summed E-state index contributed by atoms with van der Waals surface area (Å²) in [5, 5.41) is 9.10. The van der Waals surface area contributed by atoms with Crippen LogP contribution in [0.1, 0.15) is 38.8 Å². The van der Waals surface area contributed by atoms with Crippen molar-refractivity contribution in [2.45, 2.75) is 39.8 Å². The lowest BCUT2D eigenvalue weighted by atomic mass is 9.82. The molecule has 2 nitrogen and oxygen atoms in total. The number of aliphatic carboxylic acids is 1. The number of rotatable bonds is 4. The molecule has 0 aliphatic carbocycles. The minimum atomic E-state index is -1.45. The van der Waals surface area contributed by atoms with Crippen molar-refractivity contribution in [3.63, 3.8) is 0 Å². The van der Waals surface area contributed by atoms with Crippen LogP contribution in [0.4, 0.5) is 4.39 Å². The van der Waals surface area contributed by atoms with Gasteiger partial charge in [-0.25, -0.2) is 4.39 Å². The van der Waals surface area contributed by atoms with Crippen molar-refractivity contribution in [3.8, 4) is 0 Å². The van der Waals surface area contributed by atoms with E-state index >= 15 is 0 Å². The molecule has 0 atom stereocenters. The summed E-state index contributed by atoms with van der Waals surface area (Å²) >= 11 is 0. The number of halogens is 1. The van der Waals surface area contributed by atoms with Crippen molar-refractivity contribution < 1.29 is 14.3 Å². The summed E-state index contributed by atoms with van der Waals surface area (Å²) in [6.07, 6.45) is 0.325. The summed E-state index contributed by atoms with van der Waals surface area (Å²) in [4.78, 5) is 11.1. The van der Waals surface area contributed by atoms with Crippen molar-refractivity contribution in [1.82, 2.24) is 0 Å². The Bertz CT molecular complexity index is 416. The monoisotopic (exact) mass is 238 g/mol. The van der Waals surface area contributed by atoms with Gasteiger partial charge in [0.15, 0.2) is 0 Å². The van der Waals surface area contributed by atoms with Gasteiger partial charge < -0.3 is 5.11 Å². The summed E-state index contributed by atoms with van der Waals surface area (Å²) in [6, 6.07) is 7.09. The number of carbonyl (C=O) groups is 1. The van der Waals surface area contributed by atoms with E-state index in [1.165, 1.54) is 13.8 Å². The van der Waals surface area contributed by atoms with Crippen LogP contribution in [0.2, 0.25) is 0 Å². The molecule has 0 aliphatic heterocycles. The second kappa shape index (κ2) is 4.47. The first kappa shape index (κ1) is 13.7. The summed E-state index contributed by atoms with van der Waals surface area (Å²) in [6.45, 7) is 6.27. The van der Waals surface area contributed by atoms with Crippen LogP contribution in [0.25, 0.3) is 0 Å². The van der Waals surface area contributed by atoms with E-state index in [0.29, 0.717) is 12.0 Å². The van der Waals surface area contributed by atoms with Crippen LogP contribution in [-0.2, 0) is 16.9 Å². The van der Waals surface area contributed by atoms with Gasteiger partial charge in [0.05, 0.1) is 5.41 Å². The first-order chi connectivity index (χ1) is 7.64. The smallest absolute Gasteiger partial charge is 0.309 e. The number of benzene rings is 1. The van der Waals surface area contributed by atoms with Gasteiger partial charge in [-0.3, -0.25) is 4.79 Å². The molecule has 1 rings (SSSR count). The van der Waals surface area contributed by atoms with E-state index in [9.17, 15) is 9.18 Å². The van der Waals surface area contributed by atoms with Crippen LogP contribution in [0.5, 0.6) is 0 Å².